The molecule has 0 bridgehead atoms. The summed E-state index contributed by atoms with van der Waals surface area (Å²) in [6, 6.07) is 7.22. The second-order valence-electron chi connectivity index (χ2n) is 9.46. The first-order valence-corrected chi connectivity index (χ1v) is 11.8. The van der Waals surface area contributed by atoms with E-state index in [0.29, 0.717) is 63.6 Å². The van der Waals surface area contributed by atoms with Gasteiger partial charge in [0, 0.05) is 57.3 Å². The molecule has 4 fully saturated rings. The molecule has 0 aliphatic carbocycles. The Morgan fingerprint density at radius 3 is 2.62 bits per heavy atom. The summed E-state index contributed by atoms with van der Waals surface area (Å²) in [4.78, 5) is 45.9. The highest BCUT2D eigenvalue weighted by molar-refractivity contribution is 6.31. The molecule has 1 aromatic carbocycles. The van der Waals surface area contributed by atoms with E-state index >= 15 is 0 Å². The third-order valence-electron chi connectivity index (χ3n) is 7.33. The molecule has 1 spiro atoms. The molecule has 8 nitrogen and oxygen atoms in total. The van der Waals surface area contributed by atoms with Crippen LogP contribution in [0.4, 0.5) is 0 Å². The molecule has 4 heterocycles. The van der Waals surface area contributed by atoms with Crippen molar-refractivity contribution in [2.24, 2.45) is 0 Å². The number of hydrogen-bond acceptors (Lipinski definition) is 6. The number of rotatable bonds is 6. The molecule has 1 aromatic rings. The predicted octanol–water partition coefficient (Wildman–Crippen LogP) is 0.711. The van der Waals surface area contributed by atoms with Crippen LogP contribution in [0.2, 0.25) is 5.02 Å². The lowest BCUT2D eigenvalue weighted by Gasteiger charge is -2.58. The van der Waals surface area contributed by atoms with Gasteiger partial charge in [-0.2, -0.15) is 0 Å². The number of nitrogens with zero attached hydrogens (tertiary/aromatic N) is 4. The Bertz CT molecular complexity index is 934. The highest BCUT2D eigenvalue weighted by atomic mass is 35.5. The van der Waals surface area contributed by atoms with Crippen LogP contribution in [-0.4, -0.2) is 99.4 Å². The van der Waals surface area contributed by atoms with Crippen molar-refractivity contribution in [3.63, 3.8) is 0 Å². The zero-order valence-corrected chi connectivity index (χ0v) is 18.8. The van der Waals surface area contributed by atoms with Crippen LogP contribution in [0, 0.1) is 0 Å². The molecule has 4 saturated heterocycles. The number of imide groups is 1. The Morgan fingerprint density at radius 2 is 1.91 bits per heavy atom. The van der Waals surface area contributed by atoms with Crippen molar-refractivity contribution < 1.29 is 19.5 Å². The molecule has 3 amide bonds. The highest BCUT2D eigenvalue weighted by Crippen LogP contribution is 2.41. The van der Waals surface area contributed by atoms with Crippen LogP contribution in [-0.2, 0) is 20.9 Å². The van der Waals surface area contributed by atoms with Crippen LogP contribution in [0.1, 0.15) is 31.2 Å². The lowest BCUT2D eigenvalue weighted by molar-refractivity contribution is -0.180. The smallest absolute Gasteiger partial charge is 0.252 e. The van der Waals surface area contributed by atoms with E-state index in [4.69, 9.17) is 11.6 Å². The minimum Gasteiger partial charge on any atom is -0.392 e. The first-order chi connectivity index (χ1) is 15.4. The average Bonchev–Trinajstić information content (AvgIpc) is 3.33. The van der Waals surface area contributed by atoms with Crippen molar-refractivity contribution in [1.29, 1.82) is 0 Å². The second-order valence-corrected chi connectivity index (χ2v) is 9.87. The Balaban J connectivity index is 1.29. The van der Waals surface area contributed by atoms with Crippen molar-refractivity contribution in [2.75, 3.05) is 39.3 Å². The number of halogens is 1. The first-order valence-electron chi connectivity index (χ1n) is 11.4. The Kier molecular flexibility index (Phi) is 5.73. The molecule has 4 aliphatic rings. The molecular formula is C23H29ClN4O4. The van der Waals surface area contributed by atoms with Crippen molar-refractivity contribution in [2.45, 2.75) is 49.9 Å². The molecule has 5 rings (SSSR count). The number of β-amino-alcohol motifs (C(OH)–C–C–N with tert-alkyl or cyclic N) is 1. The summed E-state index contributed by atoms with van der Waals surface area (Å²) in [6.07, 6.45) is 1.80. The van der Waals surface area contributed by atoms with Crippen molar-refractivity contribution in [3.8, 4) is 0 Å². The van der Waals surface area contributed by atoms with Gasteiger partial charge in [-0.3, -0.25) is 29.1 Å². The highest BCUT2D eigenvalue weighted by Gasteiger charge is 2.64. The largest absolute Gasteiger partial charge is 0.392 e. The summed E-state index contributed by atoms with van der Waals surface area (Å²) < 4.78 is 0. The lowest BCUT2D eigenvalue weighted by atomic mass is 9.82. The Hall–Kier alpha value is -2.00. The number of aliphatic hydroxyl groups excluding tert-OH is 1. The van der Waals surface area contributed by atoms with E-state index < -0.39 is 17.7 Å². The molecule has 4 aliphatic heterocycles. The number of amides is 3. The van der Waals surface area contributed by atoms with E-state index in [-0.39, 0.29) is 17.7 Å². The van der Waals surface area contributed by atoms with Gasteiger partial charge in [0.15, 0.2) is 0 Å². The molecule has 0 unspecified atom stereocenters. The maximum absolute atomic E-state index is 13.6. The van der Waals surface area contributed by atoms with Crippen LogP contribution in [0.3, 0.4) is 0 Å². The van der Waals surface area contributed by atoms with E-state index in [0.717, 1.165) is 18.5 Å². The summed E-state index contributed by atoms with van der Waals surface area (Å²) in [5, 5.41) is 11.0. The zero-order valence-electron chi connectivity index (χ0n) is 18.1. The summed E-state index contributed by atoms with van der Waals surface area (Å²) in [7, 11) is 0. The van der Waals surface area contributed by atoms with Crippen LogP contribution in [0.15, 0.2) is 24.3 Å². The summed E-state index contributed by atoms with van der Waals surface area (Å²) in [6.45, 7) is 3.64. The molecule has 9 heteroatoms. The standard InChI is InChI=1S/C23H29ClN4O4/c24-18-6-2-1-5-16(18)12-25-14-23(15-25)22(32)27(10-4-9-26-8-3-7-20(26)30)21(31)19-11-17(29)13-28(19)23/h1-2,5-6,17,19,29H,3-4,7-15H2/t17-,19+/m1/s1. The molecule has 172 valence electrons. The average molecular weight is 461 g/mol. The SMILES string of the molecule is O=C1CCCN1CCCN1C(=O)[C@@H]2C[C@@H](O)CN2C2(CN(Cc3ccccc3Cl)C2)C1=O. The normalized spacial score (nSPS) is 28.0. The number of fused-ring (bicyclic) bond motifs is 2. The van der Waals surface area contributed by atoms with E-state index in [2.05, 4.69) is 4.90 Å². The fourth-order valence-corrected chi connectivity index (χ4v) is 5.93. The maximum Gasteiger partial charge on any atom is 0.252 e. The van der Waals surface area contributed by atoms with Gasteiger partial charge in [0.05, 0.1) is 12.1 Å². The molecule has 2 atom stereocenters. The third kappa shape index (κ3) is 3.63. The topological polar surface area (TPSA) is 84.4 Å². The maximum atomic E-state index is 13.6. The van der Waals surface area contributed by atoms with Gasteiger partial charge < -0.3 is 10.0 Å². The fourth-order valence-electron chi connectivity index (χ4n) is 5.74. The summed E-state index contributed by atoms with van der Waals surface area (Å²) in [5.41, 5.74) is 0.231. The number of carbonyl (C=O) groups excluding carboxylic acids is 3. The van der Waals surface area contributed by atoms with Crippen LogP contribution >= 0.6 is 11.6 Å². The summed E-state index contributed by atoms with van der Waals surface area (Å²) >= 11 is 6.31. The molecule has 1 N–H and O–H groups in total. The first kappa shape index (κ1) is 21.8. The van der Waals surface area contributed by atoms with Gasteiger partial charge in [0.1, 0.15) is 5.54 Å². The van der Waals surface area contributed by atoms with Gasteiger partial charge in [0.2, 0.25) is 11.8 Å². The van der Waals surface area contributed by atoms with Crippen LogP contribution in [0.5, 0.6) is 0 Å². The second kappa shape index (κ2) is 8.41. The van der Waals surface area contributed by atoms with Crippen molar-refractivity contribution in [1.82, 2.24) is 19.6 Å². The summed E-state index contributed by atoms with van der Waals surface area (Å²) in [5.74, 6) is -0.234. The number of benzene rings is 1. The number of piperazine rings is 1. The quantitative estimate of drug-likeness (QED) is 0.629. The van der Waals surface area contributed by atoms with Crippen LogP contribution < -0.4 is 0 Å². The minimum atomic E-state index is -0.777. The number of aliphatic hydroxyl groups is 1. The van der Waals surface area contributed by atoms with Crippen LogP contribution in [0.25, 0.3) is 0 Å². The Labute approximate surface area is 192 Å². The van der Waals surface area contributed by atoms with E-state index in [1.165, 1.54) is 4.90 Å². The fraction of sp³-hybridized carbons (Fsp3) is 0.609. The van der Waals surface area contributed by atoms with Crippen molar-refractivity contribution in [3.05, 3.63) is 34.9 Å². The number of hydrogen-bond donors (Lipinski definition) is 1. The molecular weight excluding hydrogens is 432 g/mol. The lowest BCUT2D eigenvalue weighted by Crippen LogP contribution is -2.81. The van der Waals surface area contributed by atoms with E-state index in [1.54, 1.807) is 0 Å². The minimum absolute atomic E-state index is 0.150. The molecule has 0 aromatic heterocycles. The number of carbonyl (C=O) groups is 3. The Morgan fingerprint density at radius 1 is 1.12 bits per heavy atom. The monoisotopic (exact) mass is 460 g/mol. The van der Waals surface area contributed by atoms with Gasteiger partial charge in [-0.15, -0.1) is 0 Å². The molecule has 0 radical (unpaired) electrons. The zero-order chi connectivity index (χ0) is 22.5. The van der Waals surface area contributed by atoms with Gasteiger partial charge in [-0.25, -0.2) is 0 Å². The van der Waals surface area contributed by atoms with Gasteiger partial charge in [0.25, 0.3) is 5.91 Å². The molecule has 0 saturated carbocycles. The molecule has 32 heavy (non-hydrogen) atoms. The number of likely N-dealkylation sites (tertiary alicyclic amines) is 2. The van der Waals surface area contributed by atoms with Crippen molar-refractivity contribution >= 4 is 29.3 Å². The van der Waals surface area contributed by atoms with Gasteiger partial charge >= 0.3 is 0 Å². The van der Waals surface area contributed by atoms with E-state index in [1.807, 2.05) is 34.1 Å². The predicted molar refractivity (Wildman–Crippen MR) is 118 cm³/mol. The van der Waals surface area contributed by atoms with Gasteiger partial charge in [-0.1, -0.05) is 29.8 Å². The van der Waals surface area contributed by atoms with E-state index in [9.17, 15) is 19.5 Å². The van der Waals surface area contributed by atoms with Gasteiger partial charge in [-0.05, 0) is 30.9 Å². The third-order valence-corrected chi connectivity index (χ3v) is 7.70.